The highest BCUT2D eigenvalue weighted by molar-refractivity contribution is 8.03. The van der Waals surface area contributed by atoms with Crippen LogP contribution >= 0.6 is 11.8 Å². The van der Waals surface area contributed by atoms with E-state index in [0.29, 0.717) is 0 Å². The SMILES string of the molecule is OCC1=C(CO)SCC1. The van der Waals surface area contributed by atoms with Crippen molar-refractivity contribution < 1.29 is 10.2 Å². The minimum atomic E-state index is 0.0978. The van der Waals surface area contributed by atoms with Crippen molar-refractivity contribution in [3.05, 3.63) is 10.5 Å². The summed E-state index contributed by atoms with van der Waals surface area (Å²) in [6.45, 7) is 0.212. The van der Waals surface area contributed by atoms with Crippen LogP contribution in [0, 0.1) is 0 Å². The molecule has 2 nitrogen and oxygen atoms in total. The number of thioether (sulfide) groups is 1. The average molecular weight is 146 g/mol. The van der Waals surface area contributed by atoms with Crippen molar-refractivity contribution in [3.8, 4) is 0 Å². The molecule has 0 aromatic rings. The zero-order valence-corrected chi connectivity index (χ0v) is 5.95. The van der Waals surface area contributed by atoms with E-state index < -0.39 is 0 Å². The van der Waals surface area contributed by atoms with Gasteiger partial charge in [0, 0.05) is 10.7 Å². The minimum Gasteiger partial charge on any atom is -0.392 e. The highest BCUT2D eigenvalue weighted by atomic mass is 32.2. The van der Waals surface area contributed by atoms with Crippen LogP contribution in [0.15, 0.2) is 10.5 Å². The molecule has 0 amide bonds. The third kappa shape index (κ3) is 1.47. The van der Waals surface area contributed by atoms with E-state index in [-0.39, 0.29) is 13.2 Å². The van der Waals surface area contributed by atoms with Crippen LogP contribution in [0.4, 0.5) is 0 Å². The summed E-state index contributed by atoms with van der Waals surface area (Å²) in [6.07, 6.45) is 0.942. The Morgan fingerprint density at radius 2 is 2.11 bits per heavy atom. The smallest absolute Gasteiger partial charge is 0.0740 e. The molecule has 0 saturated heterocycles. The second-order valence-corrected chi connectivity index (χ2v) is 3.13. The molecule has 3 heteroatoms. The van der Waals surface area contributed by atoms with E-state index in [9.17, 15) is 0 Å². The maximum absolute atomic E-state index is 8.69. The van der Waals surface area contributed by atoms with E-state index in [0.717, 1.165) is 22.7 Å². The molecule has 52 valence electrons. The predicted molar refractivity (Wildman–Crippen MR) is 38.3 cm³/mol. The summed E-state index contributed by atoms with van der Waals surface area (Å²) in [5.74, 6) is 1.02. The van der Waals surface area contributed by atoms with Gasteiger partial charge in [-0.25, -0.2) is 0 Å². The quantitative estimate of drug-likeness (QED) is 0.591. The lowest BCUT2D eigenvalue weighted by molar-refractivity contribution is 0.316. The van der Waals surface area contributed by atoms with Crippen molar-refractivity contribution in [2.24, 2.45) is 0 Å². The number of rotatable bonds is 2. The molecule has 0 spiro atoms. The van der Waals surface area contributed by atoms with Crippen molar-refractivity contribution in [3.63, 3.8) is 0 Å². The van der Waals surface area contributed by atoms with Gasteiger partial charge in [-0.15, -0.1) is 11.8 Å². The van der Waals surface area contributed by atoms with Gasteiger partial charge in [0.25, 0.3) is 0 Å². The fourth-order valence-corrected chi connectivity index (χ4v) is 1.92. The molecule has 0 unspecified atom stereocenters. The van der Waals surface area contributed by atoms with Crippen molar-refractivity contribution in [2.45, 2.75) is 6.42 Å². The van der Waals surface area contributed by atoms with Crippen LogP contribution < -0.4 is 0 Å². The van der Waals surface area contributed by atoms with Gasteiger partial charge in [0.15, 0.2) is 0 Å². The lowest BCUT2D eigenvalue weighted by Crippen LogP contribution is -1.91. The van der Waals surface area contributed by atoms with E-state index in [4.69, 9.17) is 10.2 Å². The summed E-state index contributed by atoms with van der Waals surface area (Å²) >= 11 is 1.64. The first kappa shape index (κ1) is 7.12. The van der Waals surface area contributed by atoms with Gasteiger partial charge < -0.3 is 10.2 Å². The van der Waals surface area contributed by atoms with Gasteiger partial charge >= 0.3 is 0 Å². The summed E-state index contributed by atoms with van der Waals surface area (Å²) in [7, 11) is 0. The van der Waals surface area contributed by atoms with Crippen LogP contribution in [-0.4, -0.2) is 29.2 Å². The summed E-state index contributed by atoms with van der Waals surface area (Å²) in [6, 6.07) is 0. The van der Waals surface area contributed by atoms with Gasteiger partial charge in [0.2, 0.25) is 0 Å². The normalized spacial score (nSPS) is 19.3. The summed E-state index contributed by atoms with van der Waals surface area (Å²) in [5, 5.41) is 17.4. The van der Waals surface area contributed by atoms with Crippen molar-refractivity contribution >= 4 is 11.8 Å². The average Bonchev–Trinajstić information content (AvgIpc) is 2.33. The summed E-state index contributed by atoms with van der Waals surface area (Å²) < 4.78 is 0. The molecule has 0 atom stereocenters. The van der Waals surface area contributed by atoms with Crippen LogP contribution in [-0.2, 0) is 0 Å². The first-order chi connectivity index (χ1) is 4.38. The highest BCUT2D eigenvalue weighted by Crippen LogP contribution is 2.29. The first-order valence-electron chi connectivity index (χ1n) is 2.94. The highest BCUT2D eigenvalue weighted by Gasteiger charge is 2.12. The second-order valence-electron chi connectivity index (χ2n) is 1.94. The van der Waals surface area contributed by atoms with Crippen LogP contribution in [0.25, 0.3) is 0 Å². The summed E-state index contributed by atoms with van der Waals surface area (Å²) in [4.78, 5) is 0.970. The van der Waals surface area contributed by atoms with Gasteiger partial charge in [-0.2, -0.15) is 0 Å². The molecule has 9 heavy (non-hydrogen) atoms. The van der Waals surface area contributed by atoms with Crippen LogP contribution in [0.5, 0.6) is 0 Å². The van der Waals surface area contributed by atoms with E-state index in [1.54, 1.807) is 11.8 Å². The monoisotopic (exact) mass is 146 g/mol. The van der Waals surface area contributed by atoms with Crippen molar-refractivity contribution in [1.82, 2.24) is 0 Å². The van der Waals surface area contributed by atoms with E-state index in [2.05, 4.69) is 0 Å². The van der Waals surface area contributed by atoms with Crippen LogP contribution in [0.1, 0.15) is 6.42 Å². The Labute approximate surface area is 58.6 Å². The van der Waals surface area contributed by atoms with Crippen molar-refractivity contribution in [2.75, 3.05) is 19.0 Å². The molecule has 0 saturated carbocycles. The zero-order chi connectivity index (χ0) is 6.69. The number of aliphatic hydroxyl groups excluding tert-OH is 2. The lowest BCUT2D eigenvalue weighted by Gasteiger charge is -1.96. The lowest BCUT2D eigenvalue weighted by atomic mass is 10.2. The zero-order valence-electron chi connectivity index (χ0n) is 5.13. The molecular weight excluding hydrogens is 136 g/mol. The molecule has 1 aliphatic rings. The molecule has 0 fully saturated rings. The van der Waals surface area contributed by atoms with E-state index >= 15 is 0 Å². The van der Waals surface area contributed by atoms with Gasteiger partial charge in [0.05, 0.1) is 13.2 Å². The molecule has 0 bridgehead atoms. The van der Waals surface area contributed by atoms with Crippen LogP contribution in [0.3, 0.4) is 0 Å². The third-order valence-electron chi connectivity index (χ3n) is 1.41. The molecule has 0 aliphatic carbocycles. The fraction of sp³-hybridized carbons (Fsp3) is 0.667. The standard InChI is InChI=1S/C6H10O2S/c7-3-5-1-2-9-6(5)4-8/h7-8H,1-4H2. The molecule has 2 N–H and O–H groups in total. The predicted octanol–water partition coefficient (Wildman–Crippen LogP) is 0.362. The van der Waals surface area contributed by atoms with E-state index in [1.165, 1.54) is 0 Å². The molecule has 0 aromatic carbocycles. The Hall–Kier alpha value is 0.01000. The summed E-state index contributed by atoms with van der Waals surface area (Å²) in [5.41, 5.74) is 1.02. The minimum absolute atomic E-state index is 0.0978. The number of hydrogen-bond donors (Lipinski definition) is 2. The van der Waals surface area contributed by atoms with Gasteiger partial charge in [-0.1, -0.05) is 0 Å². The molecule has 1 heterocycles. The maximum atomic E-state index is 8.69. The Morgan fingerprint density at radius 1 is 1.33 bits per heavy atom. The van der Waals surface area contributed by atoms with Crippen molar-refractivity contribution in [1.29, 1.82) is 0 Å². The Bertz CT molecular complexity index is 117. The van der Waals surface area contributed by atoms with Crippen LogP contribution in [0.2, 0.25) is 0 Å². The molecule has 1 aliphatic heterocycles. The second kappa shape index (κ2) is 3.25. The fourth-order valence-electron chi connectivity index (χ4n) is 0.864. The Balaban J connectivity index is 2.59. The van der Waals surface area contributed by atoms with Gasteiger partial charge in [-0.3, -0.25) is 0 Å². The third-order valence-corrected chi connectivity index (χ3v) is 2.58. The first-order valence-corrected chi connectivity index (χ1v) is 3.92. The number of hydrogen-bond acceptors (Lipinski definition) is 3. The van der Waals surface area contributed by atoms with E-state index in [1.807, 2.05) is 0 Å². The topological polar surface area (TPSA) is 40.5 Å². The molecule has 1 rings (SSSR count). The Kier molecular flexibility index (Phi) is 2.57. The van der Waals surface area contributed by atoms with Gasteiger partial charge in [0.1, 0.15) is 0 Å². The maximum Gasteiger partial charge on any atom is 0.0740 e. The Morgan fingerprint density at radius 3 is 2.56 bits per heavy atom. The molecule has 0 radical (unpaired) electrons. The molecular formula is C6H10O2S. The number of aliphatic hydroxyl groups is 2. The molecule has 0 aromatic heterocycles. The van der Waals surface area contributed by atoms with Gasteiger partial charge in [-0.05, 0) is 12.0 Å². The largest absolute Gasteiger partial charge is 0.392 e.